The van der Waals surface area contributed by atoms with Crippen molar-refractivity contribution in [2.45, 2.75) is 6.92 Å². The molecule has 3 nitrogen and oxygen atoms in total. The standard InChI is InChI=1S/C11H13NO2/c1-2-14-11(13)8-9-12-10-6-4-3-5-7-10/h3-9,12H,2H2,1H3/b9-8+. The summed E-state index contributed by atoms with van der Waals surface area (Å²) in [5, 5.41) is 2.95. The molecule has 0 aromatic heterocycles. The van der Waals surface area contributed by atoms with Crippen LogP contribution in [-0.2, 0) is 9.53 Å². The fourth-order valence-corrected chi connectivity index (χ4v) is 0.931. The van der Waals surface area contributed by atoms with Crippen LogP contribution in [0.1, 0.15) is 6.92 Å². The summed E-state index contributed by atoms with van der Waals surface area (Å²) in [6.07, 6.45) is 2.92. The summed E-state index contributed by atoms with van der Waals surface area (Å²) < 4.78 is 4.71. The molecule has 14 heavy (non-hydrogen) atoms. The van der Waals surface area contributed by atoms with E-state index < -0.39 is 0 Å². The van der Waals surface area contributed by atoms with Crippen LogP contribution in [0.4, 0.5) is 5.69 Å². The summed E-state index contributed by atoms with van der Waals surface area (Å²) in [7, 11) is 0. The van der Waals surface area contributed by atoms with E-state index in [-0.39, 0.29) is 5.97 Å². The van der Waals surface area contributed by atoms with Crippen LogP contribution in [0.15, 0.2) is 42.6 Å². The molecule has 0 atom stereocenters. The van der Waals surface area contributed by atoms with Gasteiger partial charge in [-0.2, -0.15) is 0 Å². The molecule has 1 N–H and O–H groups in total. The van der Waals surface area contributed by atoms with Gasteiger partial charge in [0.2, 0.25) is 0 Å². The van der Waals surface area contributed by atoms with Crippen molar-refractivity contribution in [3.63, 3.8) is 0 Å². The third kappa shape index (κ3) is 3.76. The Balaban J connectivity index is 2.37. The second kappa shape index (κ2) is 5.80. The lowest BCUT2D eigenvalue weighted by Gasteiger charge is -1.98. The first-order chi connectivity index (χ1) is 6.83. The minimum absolute atomic E-state index is 0.337. The maximum absolute atomic E-state index is 10.9. The highest BCUT2D eigenvalue weighted by atomic mass is 16.5. The fraction of sp³-hybridized carbons (Fsp3) is 0.182. The lowest BCUT2D eigenvalue weighted by Crippen LogP contribution is -2.00. The largest absolute Gasteiger partial charge is 0.463 e. The quantitative estimate of drug-likeness (QED) is 0.585. The lowest BCUT2D eigenvalue weighted by molar-refractivity contribution is -0.137. The fourth-order valence-electron chi connectivity index (χ4n) is 0.931. The smallest absolute Gasteiger partial charge is 0.332 e. The van der Waals surface area contributed by atoms with Crippen LogP contribution >= 0.6 is 0 Å². The average molecular weight is 191 g/mol. The zero-order chi connectivity index (χ0) is 10.2. The van der Waals surface area contributed by atoms with Crippen LogP contribution in [-0.4, -0.2) is 12.6 Å². The van der Waals surface area contributed by atoms with Gasteiger partial charge in [0.05, 0.1) is 6.61 Å². The van der Waals surface area contributed by atoms with Crippen molar-refractivity contribution in [2.24, 2.45) is 0 Å². The van der Waals surface area contributed by atoms with Crippen LogP contribution in [0, 0.1) is 0 Å². The van der Waals surface area contributed by atoms with E-state index in [0.717, 1.165) is 5.69 Å². The Labute approximate surface area is 83.4 Å². The first kappa shape index (κ1) is 10.3. The van der Waals surface area contributed by atoms with Gasteiger partial charge in [0.15, 0.2) is 0 Å². The third-order valence-corrected chi connectivity index (χ3v) is 1.53. The monoisotopic (exact) mass is 191 g/mol. The molecule has 0 bridgehead atoms. The first-order valence-corrected chi connectivity index (χ1v) is 4.48. The zero-order valence-electron chi connectivity index (χ0n) is 8.07. The second-order valence-electron chi connectivity index (χ2n) is 2.60. The van der Waals surface area contributed by atoms with Crippen molar-refractivity contribution in [1.82, 2.24) is 0 Å². The molecule has 0 saturated heterocycles. The third-order valence-electron chi connectivity index (χ3n) is 1.53. The van der Waals surface area contributed by atoms with E-state index in [9.17, 15) is 4.79 Å². The Morgan fingerprint density at radius 3 is 2.79 bits per heavy atom. The number of benzene rings is 1. The predicted molar refractivity (Wildman–Crippen MR) is 55.8 cm³/mol. The Kier molecular flexibility index (Phi) is 4.27. The van der Waals surface area contributed by atoms with Gasteiger partial charge in [-0.25, -0.2) is 4.79 Å². The van der Waals surface area contributed by atoms with Crippen molar-refractivity contribution in [2.75, 3.05) is 11.9 Å². The number of carbonyl (C=O) groups excluding carboxylic acids is 1. The zero-order valence-corrected chi connectivity index (χ0v) is 8.07. The van der Waals surface area contributed by atoms with Crippen molar-refractivity contribution >= 4 is 11.7 Å². The number of hydrogen-bond acceptors (Lipinski definition) is 3. The van der Waals surface area contributed by atoms with Gasteiger partial charge in [0, 0.05) is 18.0 Å². The molecular weight excluding hydrogens is 178 g/mol. The summed E-state index contributed by atoms with van der Waals surface area (Å²) in [6, 6.07) is 9.59. The molecular formula is C11H13NO2. The number of hydrogen-bond donors (Lipinski definition) is 1. The van der Waals surface area contributed by atoms with Crippen LogP contribution in [0.3, 0.4) is 0 Å². The average Bonchev–Trinajstić information content (AvgIpc) is 2.20. The van der Waals surface area contributed by atoms with Gasteiger partial charge in [-0.3, -0.25) is 0 Å². The molecule has 0 spiro atoms. The van der Waals surface area contributed by atoms with Crippen LogP contribution in [0.5, 0.6) is 0 Å². The molecule has 0 aliphatic rings. The van der Waals surface area contributed by atoms with E-state index >= 15 is 0 Å². The molecule has 0 aliphatic carbocycles. The minimum atomic E-state index is -0.337. The Bertz CT molecular complexity index is 306. The van der Waals surface area contributed by atoms with Crippen LogP contribution < -0.4 is 5.32 Å². The van der Waals surface area contributed by atoms with Crippen molar-refractivity contribution < 1.29 is 9.53 Å². The molecule has 1 aromatic carbocycles. The Morgan fingerprint density at radius 1 is 1.43 bits per heavy atom. The van der Waals surface area contributed by atoms with E-state index in [2.05, 4.69) is 5.32 Å². The molecule has 0 radical (unpaired) electrons. The summed E-state index contributed by atoms with van der Waals surface area (Å²) in [6.45, 7) is 2.17. The van der Waals surface area contributed by atoms with Gasteiger partial charge in [-0.1, -0.05) is 18.2 Å². The maximum atomic E-state index is 10.9. The minimum Gasteiger partial charge on any atom is -0.463 e. The molecule has 0 saturated carbocycles. The lowest BCUT2D eigenvalue weighted by atomic mass is 10.3. The van der Waals surface area contributed by atoms with Gasteiger partial charge in [0.1, 0.15) is 0 Å². The molecule has 0 unspecified atom stereocenters. The molecule has 3 heteroatoms. The van der Waals surface area contributed by atoms with Crippen LogP contribution in [0.25, 0.3) is 0 Å². The number of esters is 1. The molecule has 1 rings (SSSR count). The molecule has 0 fully saturated rings. The predicted octanol–water partition coefficient (Wildman–Crippen LogP) is 2.18. The number of carbonyl (C=O) groups is 1. The number of anilines is 1. The molecule has 0 amide bonds. The van der Waals surface area contributed by atoms with Crippen molar-refractivity contribution in [1.29, 1.82) is 0 Å². The van der Waals surface area contributed by atoms with Gasteiger partial charge < -0.3 is 10.1 Å². The highest BCUT2D eigenvalue weighted by Gasteiger charge is 1.91. The van der Waals surface area contributed by atoms with Gasteiger partial charge in [-0.05, 0) is 19.1 Å². The number of rotatable bonds is 4. The van der Waals surface area contributed by atoms with E-state index in [1.165, 1.54) is 6.08 Å². The number of ether oxygens (including phenoxy) is 1. The van der Waals surface area contributed by atoms with Crippen molar-refractivity contribution in [3.05, 3.63) is 42.6 Å². The van der Waals surface area contributed by atoms with Crippen LogP contribution in [0.2, 0.25) is 0 Å². The van der Waals surface area contributed by atoms with E-state index in [0.29, 0.717) is 6.61 Å². The molecule has 1 aromatic rings. The van der Waals surface area contributed by atoms with E-state index in [1.54, 1.807) is 13.1 Å². The SMILES string of the molecule is CCOC(=O)/C=C/Nc1ccccc1. The normalized spacial score (nSPS) is 10.1. The van der Waals surface area contributed by atoms with Gasteiger partial charge in [0.25, 0.3) is 0 Å². The molecule has 74 valence electrons. The highest BCUT2D eigenvalue weighted by molar-refractivity contribution is 5.82. The van der Waals surface area contributed by atoms with E-state index in [1.807, 2.05) is 30.3 Å². The number of para-hydroxylation sites is 1. The Morgan fingerprint density at radius 2 is 2.14 bits per heavy atom. The van der Waals surface area contributed by atoms with Gasteiger partial charge >= 0.3 is 5.97 Å². The Hall–Kier alpha value is -1.77. The summed E-state index contributed by atoms with van der Waals surface area (Å²) >= 11 is 0. The first-order valence-electron chi connectivity index (χ1n) is 4.48. The number of nitrogens with one attached hydrogen (secondary N) is 1. The summed E-state index contributed by atoms with van der Waals surface area (Å²) in [5.41, 5.74) is 0.938. The highest BCUT2D eigenvalue weighted by Crippen LogP contribution is 2.04. The molecule has 0 heterocycles. The van der Waals surface area contributed by atoms with Gasteiger partial charge in [-0.15, -0.1) is 0 Å². The van der Waals surface area contributed by atoms with Crippen molar-refractivity contribution in [3.8, 4) is 0 Å². The summed E-state index contributed by atoms with van der Waals surface area (Å²) in [5.74, 6) is -0.337. The maximum Gasteiger partial charge on any atom is 0.332 e. The summed E-state index contributed by atoms with van der Waals surface area (Å²) in [4.78, 5) is 10.9. The molecule has 0 aliphatic heterocycles. The second-order valence-corrected chi connectivity index (χ2v) is 2.60. The van der Waals surface area contributed by atoms with E-state index in [4.69, 9.17) is 4.74 Å². The topological polar surface area (TPSA) is 38.3 Å².